The van der Waals surface area contributed by atoms with Crippen LogP contribution >= 0.6 is 12.2 Å². The molecule has 9 nitrogen and oxygen atoms in total. The summed E-state index contributed by atoms with van der Waals surface area (Å²) >= 11 is 5.79. The standard InChI is InChI=1S/C29H29N3O6S/c1-3-14-36-23-9-5-20(6-10-23)30-27(33)16-24-28(34)32(21-7-11-22(35-2)12-8-21)29(39)31(24)17-19-4-13-25-26(15-19)38-18-37-25/h4-13,15,24H,3,14,16-18H2,1-2H3,(H,30,33). The van der Waals surface area contributed by atoms with Crippen molar-refractivity contribution in [1.29, 1.82) is 0 Å². The molecular formula is C29H29N3O6S. The van der Waals surface area contributed by atoms with Crippen molar-refractivity contribution in [1.82, 2.24) is 4.90 Å². The summed E-state index contributed by atoms with van der Waals surface area (Å²) < 4.78 is 21.8. The van der Waals surface area contributed by atoms with Crippen LogP contribution in [0.15, 0.2) is 66.7 Å². The van der Waals surface area contributed by atoms with E-state index in [1.54, 1.807) is 60.5 Å². The molecule has 2 amide bonds. The molecule has 0 aromatic heterocycles. The highest BCUT2D eigenvalue weighted by Gasteiger charge is 2.44. The number of carbonyl (C=O) groups is 2. The maximum Gasteiger partial charge on any atom is 0.256 e. The lowest BCUT2D eigenvalue weighted by Crippen LogP contribution is -2.37. The Balaban J connectivity index is 1.36. The van der Waals surface area contributed by atoms with E-state index in [0.717, 1.165) is 17.7 Å². The molecule has 39 heavy (non-hydrogen) atoms. The quantitative estimate of drug-likeness (QED) is 0.364. The van der Waals surface area contributed by atoms with Gasteiger partial charge in [-0.3, -0.25) is 14.5 Å². The number of nitrogens with zero attached hydrogens (tertiary/aromatic N) is 2. The fourth-order valence-corrected chi connectivity index (χ4v) is 4.85. The third-order valence-corrected chi connectivity index (χ3v) is 6.85. The Bertz CT molecular complexity index is 1360. The molecular weight excluding hydrogens is 518 g/mol. The monoisotopic (exact) mass is 547 g/mol. The number of hydrogen-bond donors (Lipinski definition) is 1. The Kier molecular flexibility index (Phi) is 7.83. The fraction of sp³-hybridized carbons (Fsp3) is 0.276. The summed E-state index contributed by atoms with van der Waals surface area (Å²) in [5.41, 5.74) is 2.09. The number of carbonyl (C=O) groups excluding carboxylic acids is 2. The number of anilines is 2. The minimum atomic E-state index is -0.794. The molecule has 202 valence electrons. The van der Waals surface area contributed by atoms with Gasteiger partial charge in [-0.25, -0.2) is 0 Å². The molecule has 0 bridgehead atoms. The van der Waals surface area contributed by atoms with E-state index in [1.807, 2.05) is 25.1 Å². The number of methoxy groups -OCH3 is 1. The molecule has 1 saturated heterocycles. The van der Waals surface area contributed by atoms with Crippen molar-refractivity contribution in [3.05, 3.63) is 72.3 Å². The van der Waals surface area contributed by atoms with Crippen molar-refractivity contribution in [3.63, 3.8) is 0 Å². The van der Waals surface area contributed by atoms with Crippen LogP contribution in [-0.2, 0) is 16.1 Å². The third-order valence-electron chi connectivity index (χ3n) is 6.43. The number of nitrogens with one attached hydrogen (secondary N) is 1. The number of rotatable bonds is 10. The summed E-state index contributed by atoms with van der Waals surface area (Å²) in [6.07, 6.45) is 0.830. The highest BCUT2D eigenvalue weighted by atomic mass is 32.1. The van der Waals surface area contributed by atoms with E-state index in [0.29, 0.717) is 46.9 Å². The number of amides is 2. The predicted molar refractivity (Wildman–Crippen MR) is 150 cm³/mol. The van der Waals surface area contributed by atoms with Crippen LogP contribution in [0.25, 0.3) is 0 Å². The van der Waals surface area contributed by atoms with Gasteiger partial charge in [0.1, 0.15) is 17.5 Å². The molecule has 1 unspecified atom stereocenters. The van der Waals surface area contributed by atoms with E-state index in [-0.39, 0.29) is 25.0 Å². The van der Waals surface area contributed by atoms with Crippen LogP contribution in [0.1, 0.15) is 25.3 Å². The van der Waals surface area contributed by atoms with Crippen LogP contribution < -0.4 is 29.2 Å². The average Bonchev–Trinajstić information content (AvgIpc) is 3.51. The first-order valence-electron chi connectivity index (χ1n) is 12.7. The van der Waals surface area contributed by atoms with Crippen molar-refractivity contribution in [3.8, 4) is 23.0 Å². The molecule has 1 N–H and O–H groups in total. The van der Waals surface area contributed by atoms with Gasteiger partial charge in [0.2, 0.25) is 12.7 Å². The van der Waals surface area contributed by atoms with E-state index in [4.69, 9.17) is 31.2 Å². The molecule has 2 heterocycles. The zero-order chi connectivity index (χ0) is 27.4. The van der Waals surface area contributed by atoms with Gasteiger partial charge in [0, 0.05) is 12.2 Å². The maximum atomic E-state index is 13.7. The summed E-state index contributed by atoms with van der Waals surface area (Å²) in [6, 6.07) is 19.0. The van der Waals surface area contributed by atoms with Crippen molar-refractivity contribution in [2.45, 2.75) is 32.4 Å². The molecule has 10 heteroatoms. The van der Waals surface area contributed by atoms with Crippen molar-refractivity contribution in [2.75, 3.05) is 30.7 Å². The van der Waals surface area contributed by atoms with Gasteiger partial charge in [0.15, 0.2) is 16.6 Å². The fourth-order valence-electron chi connectivity index (χ4n) is 4.46. The van der Waals surface area contributed by atoms with Crippen LogP contribution in [0.3, 0.4) is 0 Å². The van der Waals surface area contributed by atoms with E-state index in [9.17, 15) is 9.59 Å². The Hall–Kier alpha value is -4.31. The lowest BCUT2D eigenvalue weighted by molar-refractivity contribution is -0.124. The molecule has 1 atom stereocenters. The van der Waals surface area contributed by atoms with E-state index >= 15 is 0 Å². The lowest BCUT2D eigenvalue weighted by atomic mass is 10.1. The first-order chi connectivity index (χ1) is 19.0. The first-order valence-corrected chi connectivity index (χ1v) is 13.1. The molecule has 0 radical (unpaired) electrons. The molecule has 3 aromatic rings. The predicted octanol–water partition coefficient (Wildman–Crippen LogP) is 4.74. The molecule has 5 rings (SSSR count). The topological polar surface area (TPSA) is 89.6 Å². The van der Waals surface area contributed by atoms with E-state index in [1.165, 1.54) is 4.90 Å². The zero-order valence-corrected chi connectivity index (χ0v) is 22.5. The molecule has 1 fully saturated rings. The number of hydrogen-bond acceptors (Lipinski definition) is 7. The largest absolute Gasteiger partial charge is 0.497 e. The average molecular weight is 548 g/mol. The molecule has 3 aromatic carbocycles. The van der Waals surface area contributed by atoms with Gasteiger partial charge >= 0.3 is 0 Å². The smallest absolute Gasteiger partial charge is 0.256 e. The van der Waals surface area contributed by atoms with Gasteiger partial charge in [0.25, 0.3) is 5.91 Å². The van der Waals surface area contributed by atoms with Gasteiger partial charge < -0.3 is 29.2 Å². The minimum absolute atomic E-state index is 0.0791. The van der Waals surface area contributed by atoms with Crippen molar-refractivity contribution < 1.29 is 28.5 Å². The Labute approximate surface area is 232 Å². The Morgan fingerprint density at radius 2 is 1.74 bits per heavy atom. The van der Waals surface area contributed by atoms with Gasteiger partial charge in [-0.1, -0.05) is 13.0 Å². The van der Waals surface area contributed by atoms with Crippen molar-refractivity contribution in [2.24, 2.45) is 0 Å². The summed E-state index contributed by atoms with van der Waals surface area (Å²) in [7, 11) is 1.58. The van der Waals surface area contributed by atoms with Crippen LogP contribution in [0.4, 0.5) is 11.4 Å². The van der Waals surface area contributed by atoms with Crippen LogP contribution in [-0.4, -0.2) is 48.4 Å². The van der Waals surface area contributed by atoms with Gasteiger partial charge in [-0.05, 0) is 84.9 Å². The molecule has 0 aliphatic carbocycles. The van der Waals surface area contributed by atoms with Gasteiger partial charge in [-0.15, -0.1) is 0 Å². The Morgan fingerprint density at radius 1 is 1.03 bits per heavy atom. The SMILES string of the molecule is CCCOc1ccc(NC(=O)CC2C(=O)N(c3ccc(OC)cc3)C(=S)N2Cc2ccc3c(c2)OCO3)cc1. The second-order valence-electron chi connectivity index (χ2n) is 9.11. The molecule has 2 aliphatic rings. The molecule has 0 saturated carbocycles. The summed E-state index contributed by atoms with van der Waals surface area (Å²) in [4.78, 5) is 30.1. The van der Waals surface area contributed by atoms with Crippen molar-refractivity contribution >= 4 is 40.5 Å². The zero-order valence-electron chi connectivity index (χ0n) is 21.7. The number of fused-ring (bicyclic) bond motifs is 1. The number of benzene rings is 3. The Morgan fingerprint density at radius 3 is 2.46 bits per heavy atom. The summed E-state index contributed by atoms with van der Waals surface area (Å²) in [5.74, 6) is 2.12. The highest BCUT2D eigenvalue weighted by Crippen LogP contribution is 2.35. The normalized spacial score (nSPS) is 16.0. The second-order valence-corrected chi connectivity index (χ2v) is 9.48. The number of ether oxygens (including phenoxy) is 4. The van der Waals surface area contributed by atoms with E-state index in [2.05, 4.69) is 5.32 Å². The van der Waals surface area contributed by atoms with Crippen LogP contribution in [0, 0.1) is 0 Å². The number of thiocarbonyl (C=S) groups is 1. The maximum absolute atomic E-state index is 13.7. The van der Waals surface area contributed by atoms with E-state index < -0.39 is 6.04 Å². The first kappa shape index (κ1) is 26.3. The molecule has 2 aliphatic heterocycles. The second kappa shape index (κ2) is 11.6. The lowest BCUT2D eigenvalue weighted by Gasteiger charge is -2.24. The summed E-state index contributed by atoms with van der Waals surface area (Å²) in [5, 5.41) is 3.20. The summed E-state index contributed by atoms with van der Waals surface area (Å²) in [6.45, 7) is 3.14. The van der Waals surface area contributed by atoms with Crippen LogP contribution in [0.2, 0.25) is 0 Å². The third kappa shape index (κ3) is 5.75. The minimum Gasteiger partial charge on any atom is -0.497 e. The molecule has 0 spiro atoms. The van der Waals surface area contributed by atoms with Gasteiger partial charge in [-0.2, -0.15) is 0 Å². The highest BCUT2D eigenvalue weighted by molar-refractivity contribution is 7.80. The van der Waals surface area contributed by atoms with Gasteiger partial charge in [0.05, 0.1) is 25.8 Å². The van der Waals surface area contributed by atoms with Crippen LogP contribution in [0.5, 0.6) is 23.0 Å².